The molecule has 1 aromatic carbocycles. The largest absolute Gasteiger partial charge is 0.375 e. The first-order valence-electron chi connectivity index (χ1n) is 5.77. The maximum atomic E-state index is 5.28. The first kappa shape index (κ1) is 13.2. The first-order chi connectivity index (χ1) is 8.75. The van der Waals surface area contributed by atoms with Crippen LogP contribution in [0.4, 0.5) is 5.69 Å². The molecule has 3 N–H and O–H groups in total. The molecule has 0 aliphatic carbocycles. The number of nitrogens with zero attached hydrogens (tertiary/aromatic N) is 2. The number of hydrazone groups is 1. The lowest BCUT2D eigenvalue weighted by atomic mass is 10.2. The lowest BCUT2D eigenvalue weighted by Gasteiger charge is -2.28. The Morgan fingerprint density at radius 2 is 2.00 bits per heavy atom. The van der Waals surface area contributed by atoms with Crippen molar-refractivity contribution < 1.29 is 0 Å². The molecule has 1 heterocycles. The summed E-state index contributed by atoms with van der Waals surface area (Å²) in [6, 6.07) is 8.33. The smallest absolute Gasteiger partial charge is 0.184 e. The van der Waals surface area contributed by atoms with Crippen molar-refractivity contribution >= 4 is 41.0 Å². The molecule has 1 aliphatic rings. The first-order valence-corrected chi connectivity index (χ1v) is 7.33. The molecule has 4 nitrogen and oxygen atoms in total. The van der Waals surface area contributed by atoms with Crippen LogP contribution < -0.4 is 16.1 Å². The van der Waals surface area contributed by atoms with E-state index in [0.29, 0.717) is 0 Å². The van der Waals surface area contributed by atoms with Gasteiger partial charge in [0.15, 0.2) is 5.11 Å². The van der Waals surface area contributed by atoms with Gasteiger partial charge in [-0.05, 0) is 29.9 Å². The molecule has 0 amide bonds. The van der Waals surface area contributed by atoms with Gasteiger partial charge in [-0.2, -0.15) is 16.9 Å². The predicted molar refractivity (Wildman–Crippen MR) is 83.5 cm³/mol. The van der Waals surface area contributed by atoms with Crippen molar-refractivity contribution in [3.63, 3.8) is 0 Å². The Hall–Kier alpha value is -1.27. The fourth-order valence-electron chi connectivity index (χ4n) is 1.76. The van der Waals surface area contributed by atoms with E-state index >= 15 is 0 Å². The molecule has 1 fully saturated rings. The standard InChI is InChI=1S/C12H16N4S2/c13-12(17)15-14-9-10-1-3-11(4-2-10)16-5-7-18-8-6-16/h1-4,9H,5-8H2,(H3,13,15,17). The molecule has 1 saturated heterocycles. The van der Waals surface area contributed by atoms with E-state index in [0.717, 1.165) is 18.7 Å². The van der Waals surface area contributed by atoms with Gasteiger partial charge in [0, 0.05) is 30.3 Å². The highest BCUT2D eigenvalue weighted by molar-refractivity contribution is 7.99. The summed E-state index contributed by atoms with van der Waals surface area (Å²) >= 11 is 6.68. The molecule has 0 saturated carbocycles. The second-order valence-electron chi connectivity index (χ2n) is 3.93. The van der Waals surface area contributed by atoms with Crippen LogP contribution in [0, 0.1) is 0 Å². The molecule has 18 heavy (non-hydrogen) atoms. The van der Waals surface area contributed by atoms with E-state index in [9.17, 15) is 0 Å². The Morgan fingerprint density at radius 3 is 2.61 bits per heavy atom. The summed E-state index contributed by atoms with van der Waals surface area (Å²) in [5.41, 5.74) is 10.1. The number of hydrogen-bond acceptors (Lipinski definition) is 4. The minimum Gasteiger partial charge on any atom is -0.375 e. The van der Waals surface area contributed by atoms with Gasteiger partial charge in [-0.15, -0.1) is 0 Å². The SMILES string of the molecule is NC(=S)NN=Cc1ccc(N2CCSCC2)cc1. The van der Waals surface area contributed by atoms with Crippen LogP contribution in [0.1, 0.15) is 5.56 Å². The molecule has 0 spiro atoms. The zero-order chi connectivity index (χ0) is 12.8. The summed E-state index contributed by atoms with van der Waals surface area (Å²) in [6.07, 6.45) is 1.70. The fraction of sp³-hybridized carbons (Fsp3) is 0.333. The van der Waals surface area contributed by atoms with Crippen molar-refractivity contribution in [2.24, 2.45) is 10.8 Å². The van der Waals surface area contributed by atoms with Crippen LogP contribution in [0.15, 0.2) is 29.4 Å². The lowest BCUT2D eigenvalue weighted by molar-refractivity contribution is 0.859. The summed E-state index contributed by atoms with van der Waals surface area (Å²) in [6.45, 7) is 2.25. The summed E-state index contributed by atoms with van der Waals surface area (Å²) in [5.74, 6) is 2.42. The average molecular weight is 280 g/mol. The van der Waals surface area contributed by atoms with Gasteiger partial charge in [0.1, 0.15) is 0 Å². The van der Waals surface area contributed by atoms with E-state index in [-0.39, 0.29) is 5.11 Å². The minimum absolute atomic E-state index is 0.175. The number of anilines is 1. The third-order valence-electron chi connectivity index (χ3n) is 2.66. The number of rotatable bonds is 3. The quantitative estimate of drug-likeness (QED) is 0.498. The van der Waals surface area contributed by atoms with Gasteiger partial charge >= 0.3 is 0 Å². The monoisotopic (exact) mass is 280 g/mol. The third kappa shape index (κ3) is 3.89. The van der Waals surface area contributed by atoms with Crippen LogP contribution >= 0.6 is 24.0 Å². The number of benzene rings is 1. The Kier molecular flexibility index (Phi) is 4.83. The van der Waals surface area contributed by atoms with E-state index in [2.05, 4.69) is 39.8 Å². The van der Waals surface area contributed by atoms with Gasteiger partial charge in [0.25, 0.3) is 0 Å². The second-order valence-corrected chi connectivity index (χ2v) is 5.59. The molecule has 0 aromatic heterocycles. The van der Waals surface area contributed by atoms with Crippen LogP contribution in [0.5, 0.6) is 0 Å². The molecule has 0 radical (unpaired) electrons. The van der Waals surface area contributed by atoms with Crippen molar-refractivity contribution in [3.05, 3.63) is 29.8 Å². The van der Waals surface area contributed by atoms with Crippen LogP contribution in [-0.4, -0.2) is 35.9 Å². The van der Waals surface area contributed by atoms with Gasteiger partial charge < -0.3 is 10.6 Å². The van der Waals surface area contributed by atoms with Crippen molar-refractivity contribution in [3.8, 4) is 0 Å². The molecule has 6 heteroatoms. The van der Waals surface area contributed by atoms with Crippen molar-refractivity contribution in [1.29, 1.82) is 0 Å². The average Bonchev–Trinajstić information content (AvgIpc) is 2.40. The van der Waals surface area contributed by atoms with E-state index in [1.165, 1.54) is 17.2 Å². The topological polar surface area (TPSA) is 53.6 Å². The molecule has 2 rings (SSSR count). The van der Waals surface area contributed by atoms with Crippen molar-refractivity contribution in [2.75, 3.05) is 29.5 Å². The fourth-order valence-corrected chi connectivity index (χ4v) is 2.72. The van der Waals surface area contributed by atoms with E-state index in [4.69, 9.17) is 5.73 Å². The van der Waals surface area contributed by atoms with Gasteiger partial charge in [-0.1, -0.05) is 12.1 Å². The minimum atomic E-state index is 0.175. The van der Waals surface area contributed by atoms with Crippen LogP contribution in [-0.2, 0) is 0 Å². The summed E-state index contributed by atoms with van der Waals surface area (Å²) in [7, 11) is 0. The molecular formula is C12H16N4S2. The predicted octanol–water partition coefficient (Wildman–Crippen LogP) is 1.41. The highest BCUT2D eigenvalue weighted by atomic mass is 32.2. The third-order valence-corrected chi connectivity index (χ3v) is 3.69. The molecule has 0 bridgehead atoms. The Labute approximate surface area is 117 Å². The lowest BCUT2D eigenvalue weighted by Crippen LogP contribution is -2.32. The summed E-state index contributed by atoms with van der Waals surface area (Å²) in [5, 5.41) is 4.10. The van der Waals surface area contributed by atoms with Crippen LogP contribution in [0.2, 0.25) is 0 Å². The highest BCUT2D eigenvalue weighted by Crippen LogP contribution is 2.19. The normalized spacial score (nSPS) is 15.9. The van der Waals surface area contributed by atoms with E-state index in [1.807, 2.05) is 23.9 Å². The number of thiocarbonyl (C=S) groups is 1. The van der Waals surface area contributed by atoms with E-state index < -0.39 is 0 Å². The van der Waals surface area contributed by atoms with Crippen LogP contribution in [0.25, 0.3) is 0 Å². The van der Waals surface area contributed by atoms with Gasteiger partial charge in [-0.25, -0.2) is 0 Å². The number of thioether (sulfide) groups is 1. The molecule has 1 aromatic rings. The maximum Gasteiger partial charge on any atom is 0.184 e. The Morgan fingerprint density at radius 1 is 1.33 bits per heavy atom. The van der Waals surface area contributed by atoms with Gasteiger partial charge in [0.05, 0.1) is 6.21 Å². The second kappa shape index (κ2) is 6.61. The highest BCUT2D eigenvalue weighted by Gasteiger charge is 2.10. The Balaban J connectivity index is 1.96. The maximum absolute atomic E-state index is 5.28. The molecule has 1 aliphatic heterocycles. The zero-order valence-electron chi connectivity index (χ0n) is 10.0. The number of nitrogens with two attached hydrogens (primary N) is 1. The van der Waals surface area contributed by atoms with Crippen molar-refractivity contribution in [1.82, 2.24) is 5.43 Å². The molecule has 96 valence electrons. The van der Waals surface area contributed by atoms with Crippen LogP contribution in [0.3, 0.4) is 0 Å². The Bertz CT molecular complexity index is 424. The van der Waals surface area contributed by atoms with E-state index in [1.54, 1.807) is 6.21 Å². The van der Waals surface area contributed by atoms with Crippen molar-refractivity contribution in [2.45, 2.75) is 0 Å². The summed E-state index contributed by atoms with van der Waals surface area (Å²) in [4.78, 5) is 2.41. The van der Waals surface area contributed by atoms with Gasteiger partial charge in [0.2, 0.25) is 0 Å². The molecular weight excluding hydrogens is 264 g/mol. The molecule has 0 unspecified atom stereocenters. The zero-order valence-corrected chi connectivity index (χ0v) is 11.6. The number of nitrogens with one attached hydrogen (secondary N) is 1. The van der Waals surface area contributed by atoms with Gasteiger partial charge in [-0.3, -0.25) is 5.43 Å². The number of hydrogen-bond donors (Lipinski definition) is 2. The molecule has 0 atom stereocenters. The summed E-state index contributed by atoms with van der Waals surface area (Å²) < 4.78 is 0.